The van der Waals surface area contributed by atoms with Crippen molar-refractivity contribution in [1.82, 2.24) is 10.2 Å². The summed E-state index contributed by atoms with van der Waals surface area (Å²) < 4.78 is 0. The molecule has 0 aromatic heterocycles. The molecule has 2 heterocycles. The van der Waals surface area contributed by atoms with E-state index in [0.29, 0.717) is 5.41 Å². The van der Waals surface area contributed by atoms with Crippen molar-refractivity contribution in [3.63, 3.8) is 0 Å². The molecule has 0 atom stereocenters. The van der Waals surface area contributed by atoms with Crippen molar-refractivity contribution < 1.29 is 0 Å². The molecule has 1 N–H and O–H groups in total. The van der Waals surface area contributed by atoms with E-state index in [1.165, 1.54) is 52.0 Å². The highest BCUT2D eigenvalue weighted by Gasteiger charge is 2.42. The van der Waals surface area contributed by atoms with E-state index in [1.54, 1.807) is 0 Å². The van der Waals surface area contributed by atoms with Gasteiger partial charge in [-0.15, -0.1) is 0 Å². The summed E-state index contributed by atoms with van der Waals surface area (Å²) in [6.45, 7) is 8.86. The van der Waals surface area contributed by atoms with Gasteiger partial charge >= 0.3 is 0 Å². The molecule has 0 radical (unpaired) electrons. The molecule has 0 unspecified atom stereocenters. The summed E-state index contributed by atoms with van der Waals surface area (Å²) in [5, 5.41) is 3.39. The van der Waals surface area contributed by atoms with Crippen molar-refractivity contribution in [2.75, 3.05) is 32.7 Å². The Morgan fingerprint density at radius 1 is 1.42 bits per heavy atom. The highest BCUT2D eigenvalue weighted by molar-refractivity contribution is 4.99. The maximum absolute atomic E-state index is 3.39. The molecule has 0 aromatic rings. The van der Waals surface area contributed by atoms with Gasteiger partial charge in [0.05, 0.1) is 0 Å². The Morgan fingerprint density at radius 3 is 2.75 bits per heavy atom. The average molecular weight is 168 g/mol. The number of unbranched alkanes of at least 4 members (excludes halogenated alkanes) is 1. The van der Waals surface area contributed by atoms with E-state index in [0.717, 1.165) is 0 Å². The Bertz CT molecular complexity index is 150. The van der Waals surface area contributed by atoms with Gasteiger partial charge in [0.25, 0.3) is 0 Å². The number of hydrogen-bond donors (Lipinski definition) is 1. The van der Waals surface area contributed by atoms with E-state index < -0.39 is 0 Å². The van der Waals surface area contributed by atoms with Gasteiger partial charge in [-0.2, -0.15) is 0 Å². The third-order valence-electron chi connectivity index (χ3n) is 3.35. The number of nitrogens with zero attached hydrogens (tertiary/aromatic N) is 1. The molecule has 2 nitrogen and oxygen atoms in total. The average Bonchev–Trinajstić information content (AvgIpc) is 2.44. The van der Waals surface area contributed by atoms with Crippen molar-refractivity contribution >= 4 is 0 Å². The molecule has 0 aromatic carbocycles. The second-order valence-electron chi connectivity index (χ2n) is 4.48. The normalized spacial score (nSPS) is 27.8. The summed E-state index contributed by atoms with van der Waals surface area (Å²) in [5.74, 6) is 0. The predicted octanol–water partition coefficient (Wildman–Crippen LogP) is 1.08. The summed E-state index contributed by atoms with van der Waals surface area (Å²) in [4.78, 5) is 2.64. The first kappa shape index (κ1) is 8.52. The van der Waals surface area contributed by atoms with Crippen LogP contribution in [0.3, 0.4) is 0 Å². The largest absolute Gasteiger partial charge is 0.315 e. The lowest BCUT2D eigenvalue weighted by Crippen LogP contribution is -2.54. The van der Waals surface area contributed by atoms with E-state index in [1.807, 2.05) is 0 Å². The summed E-state index contributed by atoms with van der Waals surface area (Å²) in [6.07, 6.45) is 4.15. The fraction of sp³-hybridized carbons (Fsp3) is 1.00. The Kier molecular flexibility index (Phi) is 2.37. The van der Waals surface area contributed by atoms with Crippen molar-refractivity contribution in [2.45, 2.75) is 26.2 Å². The highest BCUT2D eigenvalue weighted by Crippen LogP contribution is 2.33. The van der Waals surface area contributed by atoms with Gasteiger partial charge in [-0.1, -0.05) is 13.3 Å². The quantitative estimate of drug-likeness (QED) is 0.678. The van der Waals surface area contributed by atoms with Crippen LogP contribution in [0.25, 0.3) is 0 Å². The maximum atomic E-state index is 3.39. The van der Waals surface area contributed by atoms with Crippen LogP contribution in [0.1, 0.15) is 26.2 Å². The SMILES string of the molecule is CCCCN1CCC2(CNC2)C1. The molecule has 0 bridgehead atoms. The van der Waals surface area contributed by atoms with Crippen LogP contribution in [0, 0.1) is 5.41 Å². The van der Waals surface area contributed by atoms with Gasteiger partial charge in [-0.3, -0.25) is 0 Å². The maximum Gasteiger partial charge on any atom is 0.00918 e. The zero-order valence-electron chi connectivity index (χ0n) is 8.10. The third-order valence-corrected chi connectivity index (χ3v) is 3.35. The zero-order chi connectivity index (χ0) is 8.44. The van der Waals surface area contributed by atoms with Crippen LogP contribution in [-0.4, -0.2) is 37.6 Å². The van der Waals surface area contributed by atoms with Crippen LogP contribution in [0.2, 0.25) is 0 Å². The van der Waals surface area contributed by atoms with E-state index in [4.69, 9.17) is 0 Å². The molecule has 12 heavy (non-hydrogen) atoms. The van der Waals surface area contributed by atoms with E-state index in [2.05, 4.69) is 17.1 Å². The molecule has 2 heteroatoms. The summed E-state index contributed by atoms with van der Waals surface area (Å²) in [6, 6.07) is 0. The van der Waals surface area contributed by atoms with Crippen LogP contribution in [-0.2, 0) is 0 Å². The van der Waals surface area contributed by atoms with Crippen LogP contribution in [0.15, 0.2) is 0 Å². The lowest BCUT2D eigenvalue weighted by molar-refractivity contribution is 0.168. The highest BCUT2D eigenvalue weighted by atomic mass is 15.2. The van der Waals surface area contributed by atoms with Gasteiger partial charge in [0, 0.05) is 25.0 Å². The molecular formula is C10H20N2. The first-order chi connectivity index (χ1) is 5.85. The van der Waals surface area contributed by atoms with Gasteiger partial charge < -0.3 is 10.2 Å². The predicted molar refractivity (Wildman–Crippen MR) is 51.3 cm³/mol. The topological polar surface area (TPSA) is 15.3 Å². The summed E-state index contributed by atoms with van der Waals surface area (Å²) in [5.41, 5.74) is 0.702. The minimum Gasteiger partial charge on any atom is -0.315 e. The van der Waals surface area contributed by atoms with E-state index in [-0.39, 0.29) is 0 Å². The van der Waals surface area contributed by atoms with Gasteiger partial charge in [0.1, 0.15) is 0 Å². The molecule has 2 saturated heterocycles. The number of rotatable bonds is 3. The minimum atomic E-state index is 0.702. The van der Waals surface area contributed by atoms with E-state index >= 15 is 0 Å². The van der Waals surface area contributed by atoms with Crippen LogP contribution in [0.5, 0.6) is 0 Å². The number of hydrogen-bond acceptors (Lipinski definition) is 2. The van der Waals surface area contributed by atoms with Gasteiger partial charge in [-0.25, -0.2) is 0 Å². The van der Waals surface area contributed by atoms with Crippen LogP contribution < -0.4 is 5.32 Å². The lowest BCUT2D eigenvalue weighted by Gasteiger charge is -2.39. The Morgan fingerprint density at radius 2 is 2.25 bits per heavy atom. The Balaban J connectivity index is 1.74. The fourth-order valence-electron chi connectivity index (χ4n) is 2.37. The Hall–Kier alpha value is -0.0800. The van der Waals surface area contributed by atoms with Crippen molar-refractivity contribution in [3.8, 4) is 0 Å². The molecular weight excluding hydrogens is 148 g/mol. The van der Waals surface area contributed by atoms with E-state index in [9.17, 15) is 0 Å². The Labute approximate surface area is 75.3 Å². The first-order valence-electron chi connectivity index (χ1n) is 5.28. The second kappa shape index (κ2) is 3.35. The lowest BCUT2D eigenvalue weighted by atomic mass is 9.81. The van der Waals surface area contributed by atoms with Crippen LogP contribution in [0.4, 0.5) is 0 Å². The number of nitrogens with one attached hydrogen (secondary N) is 1. The molecule has 70 valence electrons. The summed E-state index contributed by atoms with van der Waals surface area (Å²) >= 11 is 0. The second-order valence-corrected chi connectivity index (χ2v) is 4.48. The molecule has 0 amide bonds. The third kappa shape index (κ3) is 1.50. The standard InChI is InChI=1S/C10H20N2/c1-2-3-5-12-6-4-10(9-12)7-11-8-10/h11H,2-9H2,1H3. The molecule has 2 rings (SSSR count). The van der Waals surface area contributed by atoms with Gasteiger partial charge in [-0.05, 0) is 25.9 Å². The van der Waals surface area contributed by atoms with Crippen molar-refractivity contribution in [2.24, 2.45) is 5.41 Å². The summed E-state index contributed by atoms with van der Waals surface area (Å²) in [7, 11) is 0. The molecule has 2 aliphatic rings. The van der Waals surface area contributed by atoms with Crippen molar-refractivity contribution in [3.05, 3.63) is 0 Å². The zero-order valence-corrected chi connectivity index (χ0v) is 8.10. The monoisotopic (exact) mass is 168 g/mol. The van der Waals surface area contributed by atoms with Crippen LogP contribution >= 0.6 is 0 Å². The molecule has 2 aliphatic heterocycles. The van der Waals surface area contributed by atoms with Gasteiger partial charge in [0.2, 0.25) is 0 Å². The molecule has 0 saturated carbocycles. The van der Waals surface area contributed by atoms with Gasteiger partial charge in [0.15, 0.2) is 0 Å². The van der Waals surface area contributed by atoms with Crippen molar-refractivity contribution in [1.29, 1.82) is 0 Å². The minimum absolute atomic E-state index is 0.702. The number of likely N-dealkylation sites (tertiary alicyclic amines) is 1. The molecule has 0 aliphatic carbocycles. The molecule has 1 spiro atoms. The fourth-order valence-corrected chi connectivity index (χ4v) is 2.37. The first-order valence-corrected chi connectivity index (χ1v) is 5.28. The smallest absolute Gasteiger partial charge is 0.00918 e. The molecule has 2 fully saturated rings.